The molecule has 35 heavy (non-hydrogen) atoms. The number of rotatable bonds is 7. The lowest BCUT2D eigenvalue weighted by atomic mass is 9.85. The molecule has 0 saturated heterocycles. The maximum absolute atomic E-state index is 12.8. The van der Waals surface area contributed by atoms with Crippen molar-refractivity contribution in [1.29, 1.82) is 0 Å². The summed E-state index contributed by atoms with van der Waals surface area (Å²) in [5.41, 5.74) is 8.34. The van der Waals surface area contributed by atoms with Crippen LogP contribution in [0.15, 0.2) is 30.3 Å². The van der Waals surface area contributed by atoms with Gasteiger partial charge in [0.05, 0.1) is 12.3 Å². The molecule has 5 rings (SSSR count). The molecule has 2 amide bonds. The number of fused-ring (bicyclic) bond motifs is 2. The van der Waals surface area contributed by atoms with Crippen LogP contribution < -0.4 is 20.5 Å². The molecular weight excluding hydrogens is 452 g/mol. The Labute approximate surface area is 200 Å². The van der Waals surface area contributed by atoms with Crippen molar-refractivity contribution in [3.05, 3.63) is 53.0 Å². The Bertz CT molecular complexity index is 1460. The van der Waals surface area contributed by atoms with Crippen molar-refractivity contribution in [1.82, 2.24) is 29.6 Å². The second-order valence-corrected chi connectivity index (χ2v) is 8.17. The molecule has 3 N–H and O–H groups in total. The van der Waals surface area contributed by atoms with Crippen molar-refractivity contribution in [3.8, 4) is 17.3 Å². The third-order valence-corrected chi connectivity index (χ3v) is 5.76. The van der Waals surface area contributed by atoms with E-state index >= 15 is 0 Å². The van der Waals surface area contributed by atoms with Gasteiger partial charge in [0.2, 0.25) is 5.91 Å². The van der Waals surface area contributed by atoms with E-state index in [0.717, 1.165) is 16.8 Å². The van der Waals surface area contributed by atoms with Crippen LogP contribution in [-0.2, 0) is 9.59 Å². The van der Waals surface area contributed by atoms with Gasteiger partial charge in [-0.05, 0) is 50.6 Å². The number of aryl methyl sites for hydroxylation is 2. The number of nitrogens with one attached hydrogen (secondary N) is 1. The Balaban J connectivity index is 1.58. The molecule has 1 aliphatic rings. The summed E-state index contributed by atoms with van der Waals surface area (Å²) < 4.78 is 14.5. The van der Waals surface area contributed by atoms with E-state index in [-0.39, 0.29) is 24.9 Å². The van der Waals surface area contributed by atoms with E-state index in [4.69, 9.17) is 20.3 Å². The summed E-state index contributed by atoms with van der Waals surface area (Å²) in [6, 6.07) is 8.98. The number of anilines is 1. The first-order valence-electron chi connectivity index (χ1n) is 11.1. The number of primary amides is 1. The normalized spacial score (nSPS) is 15.1. The zero-order chi connectivity index (χ0) is 24.7. The highest BCUT2D eigenvalue weighted by Gasteiger charge is 2.33. The molecule has 12 nitrogen and oxygen atoms in total. The first kappa shape index (κ1) is 22.3. The second kappa shape index (κ2) is 8.70. The molecule has 0 spiro atoms. The number of carbonyl (C=O) groups excluding carboxylic acids is 2. The first-order chi connectivity index (χ1) is 16.9. The maximum Gasteiger partial charge on any atom is 0.255 e. The van der Waals surface area contributed by atoms with Crippen LogP contribution in [0, 0.1) is 13.8 Å². The van der Waals surface area contributed by atoms with Crippen LogP contribution in [0.4, 0.5) is 5.82 Å². The number of nitrogens with two attached hydrogens (primary N) is 1. The van der Waals surface area contributed by atoms with Crippen molar-refractivity contribution in [2.24, 2.45) is 5.73 Å². The molecular formula is C23H24N8O4. The van der Waals surface area contributed by atoms with Crippen LogP contribution in [0.1, 0.15) is 41.9 Å². The number of hydrogen-bond acceptors (Lipinski definition) is 8. The molecule has 1 atom stereocenters. The van der Waals surface area contributed by atoms with Gasteiger partial charge in [-0.2, -0.15) is 14.3 Å². The Morgan fingerprint density at radius 3 is 2.74 bits per heavy atom. The highest BCUT2D eigenvalue weighted by Crippen LogP contribution is 2.42. The summed E-state index contributed by atoms with van der Waals surface area (Å²) in [6.07, 6.45) is 0.240. The lowest BCUT2D eigenvalue weighted by Crippen LogP contribution is -2.25. The summed E-state index contributed by atoms with van der Waals surface area (Å²) in [4.78, 5) is 23.9. The van der Waals surface area contributed by atoms with Gasteiger partial charge in [0.25, 0.3) is 5.91 Å². The topological polar surface area (TPSA) is 152 Å². The highest BCUT2D eigenvalue weighted by atomic mass is 16.5. The molecule has 0 fully saturated rings. The summed E-state index contributed by atoms with van der Waals surface area (Å²) in [5.74, 6) is 1.62. The predicted octanol–water partition coefficient (Wildman–Crippen LogP) is 1.66. The Kier molecular flexibility index (Phi) is 5.55. The van der Waals surface area contributed by atoms with Gasteiger partial charge in [-0.3, -0.25) is 9.59 Å². The van der Waals surface area contributed by atoms with Crippen LogP contribution in [-0.4, -0.2) is 54.6 Å². The monoisotopic (exact) mass is 476 g/mol. The van der Waals surface area contributed by atoms with Crippen LogP contribution in [0.25, 0.3) is 11.5 Å². The molecule has 0 saturated carbocycles. The molecule has 0 bridgehead atoms. The van der Waals surface area contributed by atoms with Gasteiger partial charge < -0.3 is 20.5 Å². The molecule has 4 aromatic rings. The summed E-state index contributed by atoms with van der Waals surface area (Å²) in [7, 11) is 0. The van der Waals surface area contributed by atoms with Crippen molar-refractivity contribution in [2.75, 3.05) is 18.5 Å². The van der Waals surface area contributed by atoms with Crippen LogP contribution in [0.5, 0.6) is 11.5 Å². The number of aromatic nitrogens is 6. The minimum Gasteiger partial charge on any atom is -0.490 e. The van der Waals surface area contributed by atoms with E-state index in [1.54, 1.807) is 27.4 Å². The van der Waals surface area contributed by atoms with E-state index < -0.39 is 5.91 Å². The third kappa shape index (κ3) is 4.03. The van der Waals surface area contributed by atoms with E-state index in [1.807, 2.05) is 32.9 Å². The van der Waals surface area contributed by atoms with E-state index in [0.29, 0.717) is 41.2 Å². The van der Waals surface area contributed by atoms with Gasteiger partial charge in [0.1, 0.15) is 5.82 Å². The number of hydrogen-bond donors (Lipinski definition) is 2. The third-order valence-electron chi connectivity index (χ3n) is 5.76. The van der Waals surface area contributed by atoms with Gasteiger partial charge >= 0.3 is 0 Å². The lowest BCUT2D eigenvalue weighted by molar-refractivity contribution is -0.120. The smallest absolute Gasteiger partial charge is 0.255 e. The van der Waals surface area contributed by atoms with E-state index in [9.17, 15) is 9.59 Å². The van der Waals surface area contributed by atoms with Crippen molar-refractivity contribution in [2.45, 2.75) is 33.1 Å². The fourth-order valence-electron chi connectivity index (χ4n) is 4.27. The van der Waals surface area contributed by atoms with Gasteiger partial charge in [-0.1, -0.05) is 6.07 Å². The number of ether oxygens (including phenoxy) is 2. The molecule has 0 radical (unpaired) electrons. The van der Waals surface area contributed by atoms with Crippen LogP contribution in [0.2, 0.25) is 0 Å². The molecule has 1 aliphatic heterocycles. The van der Waals surface area contributed by atoms with Gasteiger partial charge in [0, 0.05) is 17.9 Å². The van der Waals surface area contributed by atoms with Crippen LogP contribution >= 0.6 is 0 Å². The van der Waals surface area contributed by atoms with E-state index in [1.165, 1.54) is 0 Å². The number of benzene rings is 1. The molecule has 180 valence electrons. The zero-order valence-electron chi connectivity index (χ0n) is 19.5. The Hall–Kier alpha value is -4.48. The van der Waals surface area contributed by atoms with Crippen molar-refractivity contribution < 1.29 is 19.1 Å². The molecule has 12 heteroatoms. The predicted molar refractivity (Wildman–Crippen MR) is 125 cm³/mol. The summed E-state index contributed by atoms with van der Waals surface area (Å²) in [5, 5.41) is 20.4. The average molecular weight is 476 g/mol. The SMILES string of the molecule is CCOc1cc(C2CC(=O)Nc3c2c(C)nn3-c2ccc3nnc(C)n3n2)ccc1OCC(N)=O. The van der Waals surface area contributed by atoms with Crippen molar-refractivity contribution >= 4 is 23.3 Å². The summed E-state index contributed by atoms with van der Waals surface area (Å²) in [6.45, 7) is 5.71. The fraction of sp³-hybridized carbons (Fsp3) is 0.304. The number of nitrogens with zero attached hydrogens (tertiary/aromatic N) is 6. The largest absolute Gasteiger partial charge is 0.490 e. The van der Waals surface area contributed by atoms with E-state index in [2.05, 4.69) is 20.6 Å². The highest BCUT2D eigenvalue weighted by molar-refractivity contribution is 5.95. The van der Waals surface area contributed by atoms with Crippen molar-refractivity contribution in [3.63, 3.8) is 0 Å². The fourth-order valence-corrected chi connectivity index (χ4v) is 4.27. The molecule has 1 unspecified atom stereocenters. The van der Waals surface area contributed by atoms with Crippen LogP contribution in [0.3, 0.4) is 0 Å². The Morgan fingerprint density at radius 1 is 1.14 bits per heavy atom. The zero-order valence-corrected chi connectivity index (χ0v) is 19.5. The molecule has 4 heterocycles. The molecule has 1 aromatic carbocycles. The molecule has 3 aromatic heterocycles. The van der Waals surface area contributed by atoms with Gasteiger partial charge in [0.15, 0.2) is 35.4 Å². The molecule has 0 aliphatic carbocycles. The quantitative estimate of drug-likeness (QED) is 0.409. The standard InChI is InChI=1S/C23H24N8O4/c1-4-34-17-9-14(5-6-16(17)35-11-18(24)32)15-10-21(33)25-23-22(15)12(2)28-31(23)20-8-7-19-27-26-13(3)30(19)29-20/h5-9,15H,4,10-11H2,1-3H3,(H2,24,32)(H,25,33). The second-order valence-electron chi connectivity index (χ2n) is 8.17. The minimum absolute atomic E-state index is 0.141. The average Bonchev–Trinajstić information content (AvgIpc) is 3.37. The number of amides is 2. The van der Waals surface area contributed by atoms with Gasteiger partial charge in [-0.25, -0.2) is 0 Å². The lowest BCUT2D eigenvalue weighted by Gasteiger charge is -2.25. The number of carbonyl (C=O) groups is 2. The summed E-state index contributed by atoms with van der Waals surface area (Å²) >= 11 is 0. The minimum atomic E-state index is -0.582. The Morgan fingerprint density at radius 2 is 1.97 bits per heavy atom. The van der Waals surface area contributed by atoms with Gasteiger partial charge in [-0.15, -0.1) is 15.3 Å². The maximum atomic E-state index is 12.8. The first-order valence-corrected chi connectivity index (χ1v) is 11.1.